The molecule has 0 N–H and O–H groups in total. The molecular weight excluding hydrogens is 572 g/mol. The van der Waals surface area contributed by atoms with Crippen molar-refractivity contribution in [2.75, 3.05) is 40.5 Å². The highest BCUT2D eigenvalue weighted by atomic mass is 32.2. The summed E-state index contributed by atoms with van der Waals surface area (Å²) in [5, 5.41) is 0.203. The summed E-state index contributed by atoms with van der Waals surface area (Å²) >= 11 is 2.46. The molecule has 2 amide bonds. The average molecular weight is 629 g/mol. The zero-order valence-electron chi connectivity index (χ0n) is 27.0. The summed E-state index contributed by atoms with van der Waals surface area (Å²) in [5.74, 6) is 0. The molecule has 42 heavy (non-hydrogen) atoms. The molecule has 0 aromatic heterocycles. The summed E-state index contributed by atoms with van der Waals surface area (Å²) in [5.41, 5.74) is 1.71. The summed E-state index contributed by atoms with van der Waals surface area (Å²) in [4.78, 5) is 52.7. The van der Waals surface area contributed by atoms with Gasteiger partial charge in [0.1, 0.15) is 0 Å². The second-order valence-corrected chi connectivity index (χ2v) is 12.6. The van der Waals surface area contributed by atoms with E-state index in [1.165, 1.54) is 49.2 Å². The van der Waals surface area contributed by atoms with Crippen LogP contribution in [0.25, 0.3) is 0 Å². The SMILES string of the molecule is CCC(=O)S/C(CCOC)=C(/C)N(C=O)CCCCCCCCCCCCN(C=O)/C(C)=C(/CCOC)SC(=O)CC. The standard InChI is InChI=1S/C32H56N2O6S2/c1-7-31(37)41-29(19-23-39-5)27(3)33(25-35)21-17-15-13-11-9-10-12-14-16-18-22-34(26-36)28(4)30(20-24-40-6)42-32(38)8-2/h25-26H,7-24H2,1-6H3/b29-27-,30-28-. The first-order valence-corrected chi connectivity index (χ1v) is 17.1. The molecule has 0 radical (unpaired) electrons. The van der Waals surface area contributed by atoms with Crippen LogP contribution in [0.1, 0.15) is 118 Å². The van der Waals surface area contributed by atoms with Gasteiger partial charge >= 0.3 is 0 Å². The zero-order valence-corrected chi connectivity index (χ0v) is 28.7. The Hall–Kier alpha value is -1.62. The van der Waals surface area contributed by atoms with Crippen molar-refractivity contribution >= 4 is 46.6 Å². The molecule has 0 aliphatic rings. The van der Waals surface area contributed by atoms with Gasteiger partial charge in [-0.15, -0.1) is 0 Å². The largest absolute Gasteiger partial charge is 0.384 e. The fraction of sp³-hybridized carbons (Fsp3) is 0.750. The average Bonchev–Trinajstić information content (AvgIpc) is 3.00. The van der Waals surface area contributed by atoms with Crippen LogP contribution in [-0.4, -0.2) is 73.4 Å². The number of hydrogen-bond acceptors (Lipinski definition) is 8. The van der Waals surface area contributed by atoms with Crippen LogP contribution < -0.4 is 0 Å². The monoisotopic (exact) mass is 628 g/mol. The molecule has 0 unspecified atom stereocenters. The van der Waals surface area contributed by atoms with E-state index >= 15 is 0 Å². The molecule has 0 fully saturated rings. The number of thioether (sulfide) groups is 2. The van der Waals surface area contributed by atoms with Gasteiger partial charge in [0, 0.05) is 74.2 Å². The molecule has 0 atom stereocenters. The van der Waals surface area contributed by atoms with Crippen LogP contribution in [0.15, 0.2) is 21.2 Å². The van der Waals surface area contributed by atoms with E-state index in [1.54, 1.807) is 24.0 Å². The van der Waals surface area contributed by atoms with E-state index in [2.05, 4.69) is 0 Å². The third-order valence-corrected chi connectivity index (χ3v) is 9.61. The Kier molecular flexibility index (Phi) is 25.9. The van der Waals surface area contributed by atoms with E-state index in [-0.39, 0.29) is 10.2 Å². The Labute approximate surface area is 263 Å². The Bertz CT molecular complexity index is 779. The molecule has 0 saturated heterocycles. The van der Waals surface area contributed by atoms with Crippen LogP contribution in [0.5, 0.6) is 0 Å². The molecule has 0 aliphatic carbocycles. The highest BCUT2D eigenvalue weighted by Gasteiger charge is 2.15. The molecule has 0 heterocycles. The van der Waals surface area contributed by atoms with Crippen molar-refractivity contribution in [3.63, 3.8) is 0 Å². The lowest BCUT2D eigenvalue weighted by atomic mass is 10.1. The zero-order chi connectivity index (χ0) is 31.6. The Morgan fingerprint density at radius 3 is 1.17 bits per heavy atom. The normalized spacial score (nSPS) is 12.4. The van der Waals surface area contributed by atoms with E-state index in [9.17, 15) is 19.2 Å². The van der Waals surface area contributed by atoms with Gasteiger partial charge in [-0.2, -0.15) is 0 Å². The van der Waals surface area contributed by atoms with Gasteiger partial charge in [-0.25, -0.2) is 0 Å². The van der Waals surface area contributed by atoms with Gasteiger partial charge in [0.25, 0.3) is 0 Å². The molecule has 8 nitrogen and oxygen atoms in total. The smallest absolute Gasteiger partial charge is 0.213 e. The maximum atomic E-state index is 12.0. The van der Waals surface area contributed by atoms with Crippen molar-refractivity contribution in [2.45, 2.75) is 118 Å². The summed E-state index contributed by atoms with van der Waals surface area (Å²) in [6.07, 6.45) is 15.1. The van der Waals surface area contributed by atoms with E-state index in [0.717, 1.165) is 72.5 Å². The van der Waals surface area contributed by atoms with Crippen LogP contribution in [0, 0.1) is 0 Å². The topological polar surface area (TPSA) is 93.2 Å². The number of ether oxygens (including phenoxy) is 2. The van der Waals surface area contributed by atoms with Gasteiger partial charge in [0.2, 0.25) is 12.8 Å². The Morgan fingerprint density at radius 1 is 0.595 bits per heavy atom. The third-order valence-electron chi connectivity index (χ3n) is 7.09. The first kappa shape index (κ1) is 40.4. The minimum atomic E-state index is 0.101. The predicted molar refractivity (Wildman–Crippen MR) is 176 cm³/mol. The maximum absolute atomic E-state index is 12.0. The second-order valence-electron chi connectivity index (χ2n) is 10.3. The fourth-order valence-electron chi connectivity index (χ4n) is 4.32. The van der Waals surface area contributed by atoms with Crippen molar-refractivity contribution in [3.8, 4) is 0 Å². The van der Waals surface area contributed by atoms with Crippen LogP contribution in [-0.2, 0) is 28.7 Å². The molecule has 0 aromatic carbocycles. The molecule has 0 aromatic rings. The van der Waals surface area contributed by atoms with Crippen LogP contribution in [0.3, 0.4) is 0 Å². The Balaban J connectivity index is 4.30. The molecule has 0 rings (SSSR count). The number of unbranched alkanes of at least 4 members (excludes halogenated alkanes) is 9. The first-order chi connectivity index (χ1) is 20.3. The number of carbonyl (C=O) groups excluding carboxylic acids is 4. The number of rotatable bonds is 27. The highest BCUT2D eigenvalue weighted by Crippen LogP contribution is 2.28. The van der Waals surface area contributed by atoms with E-state index in [1.807, 2.05) is 27.7 Å². The number of amides is 2. The molecule has 0 saturated carbocycles. The number of hydrogen-bond donors (Lipinski definition) is 0. The minimum Gasteiger partial charge on any atom is -0.384 e. The van der Waals surface area contributed by atoms with Crippen LogP contribution in [0.4, 0.5) is 0 Å². The Morgan fingerprint density at radius 2 is 0.905 bits per heavy atom. The van der Waals surface area contributed by atoms with Crippen molar-refractivity contribution in [2.24, 2.45) is 0 Å². The maximum Gasteiger partial charge on any atom is 0.213 e. The summed E-state index contributed by atoms with van der Waals surface area (Å²) in [7, 11) is 3.28. The summed E-state index contributed by atoms with van der Waals surface area (Å²) in [6, 6.07) is 0. The minimum absolute atomic E-state index is 0.101. The van der Waals surface area contributed by atoms with Crippen LogP contribution in [0.2, 0.25) is 0 Å². The van der Waals surface area contributed by atoms with Gasteiger partial charge in [-0.1, -0.05) is 88.7 Å². The van der Waals surface area contributed by atoms with Crippen molar-refractivity contribution in [3.05, 3.63) is 21.2 Å². The first-order valence-electron chi connectivity index (χ1n) is 15.5. The fourth-order valence-corrected chi connectivity index (χ4v) is 6.06. The van der Waals surface area contributed by atoms with E-state index in [4.69, 9.17) is 9.47 Å². The summed E-state index contributed by atoms with van der Waals surface area (Å²) < 4.78 is 10.4. The van der Waals surface area contributed by atoms with Crippen molar-refractivity contribution in [1.82, 2.24) is 9.80 Å². The summed E-state index contributed by atoms with van der Waals surface area (Å²) in [6.45, 7) is 9.90. The lowest BCUT2D eigenvalue weighted by Crippen LogP contribution is -2.22. The van der Waals surface area contributed by atoms with Crippen molar-refractivity contribution < 1.29 is 28.7 Å². The van der Waals surface area contributed by atoms with E-state index in [0.29, 0.717) is 52.0 Å². The molecule has 0 aliphatic heterocycles. The predicted octanol–water partition coefficient (Wildman–Crippen LogP) is 7.68. The van der Waals surface area contributed by atoms with E-state index < -0.39 is 0 Å². The number of nitrogens with zero attached hydrogens (tertiary/aromatic N) is 2. The quantitative estimate of drug-likeness (QED) is 0.0676. The molecular formula is C32H56N2O6S2. The van der Waals surface area contributed by atoms with Crippen molar-refractivity contribution in [1.29, 1.82) is 0 Å². The second kappa shape index (κ2) is 27.0. The highest BCUT2D eigenvalue weighted by molar-refractivity contribution is 8.17. The number of carbonyl (C=O) groups is 4. The lowest BCUT2D eigenvalue weighted by molar-refractivity contribution is -0.117. The molecule has 242 valence electrons. The van der Waals surface area contributed by atoms with Gasteiger partial charge in [-0.3, -0.25) is 19.2 Å². The lowest BCUT2D eigenvalue weighted by Gasteiger charge is -2.21. The molecule has 10 heteroatoms. The molecule has 0 bridgehead atoms. The number of allylic oxidation sites excluding steroid dienone is 2. The molecule has 0 spiro atoms. The van der Waals surface area contributed by atoms with Crippen LogP contribution >= 0.6 is 23.5 Å². The number of methoxy groups -OCH3 is 2. The third kappa shape index (κ3) is 18.8. The van der Waals surface area contributed by atoms with Gasteiger partial charge in [-0.05, 0) is 26.7 Å². The van der Waals surface area contributed by atoms with Gasteiger partial charge in [0.05, 0.1) is 13.2 Å². The van der Waals surface area contributed by atoms with Gasteiger partial charge < -0.3 is 19.3 Å². The van der Waals surface area contributed by atoms with Gasteiger partial charge in [0.15, 0.2) is 10.2 Å².